The predicted octanol–water partition coefficient (Wildman–Crippen LogP) is 8.77. The second kappa shape index (κ2) is 33.8. The lowest BCUT2D eigenvalue weighted by atomic mass is 10.0. The zero-order valence-electron chi connectivity index (χ0n) is 28.8. The molecule has 0 saturated heterocycles. The van der Waals surface area contributed by atoms with E-state index < -0.39 is 0 Å². The SMILES string of the molecule is CCCCCCCCCCCCCCCc1[nH]c(CCCCCN)[nH+]c1CCCCCCCCCCCCCCC.[I-]. The number of nitrogens with two attached hydrogens (primary N) is 1. The fourth-order valence-corrected chi connectivity index (χ4v) is 6.36. The van der Waals surface area contributed by atoms with Crippen molar-refractivity contribution in [3.05, 3.63) is 17.2 Å². The molecule has 0 unspecified atom stereocenters. The number of aromatic amines is 2. The lowest BCUT2D eigenvalue weighted by molar-refractivity contribution is -0.400. The fourth-order valence-electron chi connectivity index (χ4n) is 6.36. The Morgan fingerprint density at radius 3 is 1.17 bits per heavy atom. The van der Waals surface area contributed by atoms with Gasteiger partial charge in [0.2, 0.25) is 0 Å². The zero-order chi connectivity index (χ0) is 29.5. The summed E-state index contributed by atoms with van der Waals surface area (Å²) in [6, 6.07) is 0. The molecule has 0 aliphatic carbocycles. The number of nitrogens with one attached hydrogen (secondary N) is 2. The molecule has 1 rings (SSSR count). The topological polar surface area (TPSA) is 56.0 Å². The van der Waals surface area contributed by atoms with Crippen LogP contribution in [0.15, 0.2) is 0 Å². The van der Waals surface area contributed by atoms with Crippen molar-refractivity contribution in [2.24, 2.45) is 5.73 Å². The maximum absolute atomic E-state index is 5.70. The number of imidazole rings is 1. The molecule has 0 atom stereocenters. The molecule has 1 aromatic heterocycles. The van der Waals surface area contributed by atoms with Crippen LogP contribution in [0.3, 0.4) is 0 Å². The summed E-state index contributed by atoms with van der Waals surface area (Å²) in [5, 5.41) is 0. The Balaban J connectivity index is 0.0000168. The highest BCUT2D eigenvalue weighted by molar-refractivity contribution is 5.08. The third-order valence-electron chi connectivity index (χ3n) is 9.16. The third kappa shape index (κ3) is 26.3. The summed E-state index contributed by atoms with van der Waals surface area (Å²) in [5.41, 5.74) is 8.73. The number of hydrogen-bond donors (Lipinski definition) is 2. The van der Waals surface area contributed by atoms with Crippen molar-refractivity contribution in [3.63, 3.8) is 0 Å². The predicted molar refractivity (Wildman–Crippen MR) is 183 cm³/mol. The van der Waals surface area contributed by atoms with E-state index in [1.165, 1.54) is 210 Å². The average molecular weight is 702 g/mol. The Bertz CT molecular complexity index is 597. The minimum atomic E-state index is 0. The number of aryl methyl sites for hydroxylation is 3. The van der Waals surface area contributed by atoms with E-state index >= 15 is 0 Å². The molecule has 1 heterocycles. The van der Waals surface area contributed by atoms with E-state index in [1.54, 1.807) is 0 Å². The molecule has 0 radical (unpaired) electrons. The van der Waals surface area contributed by atoms with Gasteiger partial charge < -0.3 is 29.7 Å². The lowest BCUT2D eigenvalue weighted by Crippen LogP contribution is -3.00. The number of hydrogen-bond acceptors (Lipinski definition) is 1. The van der Waals surface area contributed by atoms with Gasteiger partial charge in [0.25, 0.3) is 5.82 Å². The van der Waals surface area contributed by atoms with Gasteiger partial charge in [0.1, 0.15) is 11.4 Å². The van der Waals surface area contributed by atoms with Crippen molar-refractivity contribution in [3.8, 4) is 0 Å². The number of halogens is 1. The highest BCUT2D eigenvalue weighted by atomic mass is 127. The minimum Gasteiger partial charge on any atom is -1.00 e. The van der Waals surface area contributed by atoms with Crippen molar-refractivity contribution in [2.45, 2.75) is 219 Å². The van der Waals surface area contributed by atoms with Gasteiger partial charge in [0.05, 0.1) is 0 Å². The summed E-state index contributed by atoms with van der Waals surface area (Å²) in [4.78, 5) is 7.62. The molecular weight excluding hydrogens is 625 g/mol. The first-order valence-corrected chi connectivity index (χ1v) is 19.1. The molecule has 0 spiro atoms. The molecule has 0 aliphatic heterocycles. The van der Waals surface area contributed by atoms with Crippen LogP contribution in [0.5, 0.6) is 0 Å². The van der Waals surface area contributed by atoms with E-state index in [-0.39, 0.29) is 24.0 Å². The average Bonchev–Trinajstić information content (AvgIpc) is 3.37. The standard InChI is InChI=1S/C38H75N3.HI/c1-3-5-7-9-11-13-15-17-19-21-23-25-28-32-36-37(41-38(40-36)34-30-27-31-35-39)33-29-26-24-22-20-18-16-14-12-10-8-6-4-2;/h3-35,39H2,1-2H3,(H,40,41);1H. The van der Waals surface area contributed by atoms with E-state index in [4.69, 9.17) is 5.73 Å². The summed E-state index contributed by atoms with van der Waals surface area (Å²) in [6.07, 6.45) is 44.4. The second-order valence-corrected chi connectivity index (χ2v) is 13.3. The molecule has 1 aromatic rings. The van der Waals surface area contributed by atoms with Crippen LogP contribution in [-0.4, -0.2) is 11.5 Å². The Morgan fingerprint density at radius 2 is 0.762 bits per heavy atom. The maximum atomic E-state index is 5.70. The van der Waals surface area contributed by atoms with Gasteiger partial charge >= 0.3 is 0 Å². The quantitative estimate of drug-likeness (QED) is 0.0559. The summed E-state index contributed by atoms with van der Waals surface area (Å²) in [7, 11) is 0. The number of unbranched alkanes of at least 4 members (excludes halogenated alkanes) is 26. The van der Waals surface area contributed by atoms with Crippen LogP contribution in [0.25, 0.3) is 0 Å². The highest BCUT2D eigenvalue weighted by Crippen LogP contribution is 2.17. The van der Waals surface area contributed by atoms with E-state index in [2.05, 4.69) is 23.8 Å². The van der Waals surface area contributed by atoms with Gasteiger partial charge in [-0.2, -0.15) is 0 Å². The fraction of sp³-hybridized carbons (Fsp3) is 0.921. The molecule has 0 aliphatic rings. The molecule has 42 heavy (non-hydrogen) atoms. The normalized spacial score (nSPS) is 11.3. The summed E-state index contributed by atoms with van der Waals surface area (Å²) in [6.45, 7) is 5.43. The molecule has 250 valence electrons. The van der Waals surface area contributed by atoms with Crippen molar-refractivity contribution in [2.75, 3.05) is 6.54 Å². The molecule has 4 heteroatoms. The first-order valence-electron chi connectivity index (χ1n) is 19.1. The van der Waals surface area contributed by atoms with E-state index in [0.717, 1.165) is 19.4 Å². The van der Waals surface area contributed by atoms with Crippen molar-refractivity contribution in [1.29, 1.82) is 0 Å². The molecular formula is C38H76IN3. The van der Waals surface area contributed by atoms with Crippen LogP contribution in [0.4, 0.5) is 0 Å². The van der Waals surface area contributed by atoms with Gasteiger partial charge in [-0.15, -0.1) is 0 Å². The molecule has 0 aromatic carbocycles. The van der Waals surface area contributed by atoms with Gasteiger partial charge in [0.15, 0.2) is 0 Å². The van der Waals surface area contributed by atoms with Crippen LogP contribution < -0.4 is 34.7 Å². The molecule has 4 N–H and O–H groups in total. The first kappa shape index (κ1) is 41.9. The molecule has 0 bridgehead atoms. The van der Waals surface area contributed by atoms with Gasteiger partial charge in [-0.25, -0.2) is 9.97 Å². The van der Waals surface area contributed by atoms with E-state index in [0.29, 0.717) is 0 Å². The first-order chi connectivity index (χ1) is 20.3. The minimum absolute atomic E-state index is 0. The van der Waals surface area contributed by atoms with Crippen LogP contribution >= 0.6 is 0 Å². The van der Waals surface area contributed by atoms with Gasteiger partial charge in [-0.1, -0.05) is 174 Å². The van der Waals surface area contributed by atoms with E-state index in [1.807, 2.05) is 0 Å². The Hall–Kier alpha value is -0.100. The van der Waals surface area contributed by atoms with Crippen LogP contribution in [0, 0.1) is 0 Å². The van der Waals surface area contributed by atoms with Crippen LogP contribution in [0.1, 0.15) is 217 Å². The molecule has 0 saturated carbocycles. The molecule has 0 amide bonds. The second-order valence-electron chi connectivity index (χ2n) is 13.3. The maximum Gasteiger partial charge on any atom is 0.252 e. The lowest BCUT2D eigenvalue weighted by Gasteiger charge is -2.03. The van der Waals surface area contributed by atoms with Gasteiger partial charge in [-0.3, -0.25) is 0 Å². The van der Waals surface area contributed by atoms with Crippen molar-refractivity contribution >= 4 is 0 Å². The van der Waals surface area contributed by atoms with Gasteiger partial charge in [-0.05, 0) is 32.2 Å². The van der Waals surface area contributed by atoms with Crippen molar-refractivity contribution in [1.82, 2.24) is 4.98 Å². The largest absolute Gasteiger partial charge is 1.00 e. The smallest absolute Gasteiger partial charge is 0.252 e. The Kier molecular flexibility index (Phi) is 33.7. The molecule has 0 fully saturated rings. The number of rotatable bonds is 33. The summed E-state index contributed by atoms with van der Waals surface area (Å²) < 4.78 is 0. The Labute approximate surface area is 281 Å². The van der Waals surface area contributed by atoms with E-state index in [9.17, 15) is 0 Å². The number of aromatic nitrogens is 2. The zero-order valence-corrected chi connectivity index (χ0v) is 30.9. The molecule has 3 nitrogen and oxygen atoms in total. The number of H-pyrrole nitrogens is 2. The van der Waals surface area contributed by atoms with Crippen molar-refractivity contribution < 1.29 is 29.0 Å². The third-order valence-corrected chi connectivity index (χ3v) is 9.16. The summed E-state index contributed by atoms with van der Waals surface area (Å²) >= 11 is 0. The Morgan fingerprint density at radius 1 is 0.429 bits per heavy atom. The van der Waals surface area contributed by atoms with Crippen LogP contribution in [-0.2, 0) is 19.3 Å². The van der Waals surface area contributed by atoms with Gasteiger partial charge in [0, 0.05) is 19.3 Å². The van der Waals surface area contributed by atoms with Crippen LogP contribution in [0.2, 0.25) is 0 Å². The monoisotopic (exact) mass is 702 g/mol. The highest BCUT2D eigenvalue weighted by Gasteiger charge is 2.16. The summed E-state index contributed by atoms with van der Waals surface area (Å²) in [5.74, 6) is 1.36.